The molecule has 1 saturated heterocycles. The van der Waals surface area contributed by atoms with E-state index in [-0.39, 0.29) is 18.2 Å². The average molecular weight is 278 g/mol. The van der Waals surface area contributed by atoms with Crippen LogP contribution in [-0.4, -0.2) is 43.3 Å². The Bertz CT molecular complexity index is 454. The van der Waals surface area contributed by atoms with Crippen molar-refractivity contribution in [2.24, 2.45) is 0 Å². The number of carbonyl (C=O) groups is 1. The van der Waals surface area contributed by atoms with Crippen LogP contribution >= 0.6 is 0 Å². The number of carbonyl (C=O) groups excluding carboxylic acids is 1. The summed E-state index contributed by atoms with van der Waals surface area (Å²) in [6.07, 6.45) is 0.169. The van der Waals surface area contributed by atoms with Gasteiger partial charge in [0.15, 0.2) is 0 Å². The first-order valence-corrected chi connectivity index (χ1v) is 6.89. The second-order valence-electron chi connectivity index (χ2n) is 5.17. The van der Waals surface area contributed by atoms with Gasteiger partial charge in [0.25, 0.3) is 0 Å². The minimum atomic E-state index is -0.0465. The van der Waals surface area contributed by atoms with Gasteiger partial charge in [-0.3, -0.25) is 0 Å². The van der Waals surface area contributed by atoms with Gasteiger partial charge in [0.1, 0.15) is 5.75 Å². The predicted molar refractivity (Wildman–Crippen MR) is 76.8 cm³/mol. The normalized spacial score (nSPS) is 22.4. The third-order valence-corrected chi connectivity index (χ3v) is 3.28. The monoisotopic (exact) mass is 278 g/mol. The molecule has 0 aromatic heterocycles. The molecule has 1 fully saturated rings. The summed E-state index contributed by atoms with van der Waals surface area (Å²) >= 11 is 0. The number of hydrogen-bond donors (Lipinski definition) is 1. The van der Waals surface area contributed by atoms with Crippen molar-refractivity contribution in [1.82, 2.24) is 10.2 Å². The van der Waals surface area contributed by atoms with E-state index in [1.54, 1.807) is 12.0 Å². The van der Waals surface area contributed by atoms with Gasteiger partial charge >= 0.3 is 6.03 Å². The van der Waals surface area contributed by atoms with E-state index in [2.05, 4.69) is 5.32 Å². The van der Waals surface area contributed by atoms with Crippen LogP contribution in [0, 0.1) is 0 Å². The average Bonchev–Trinajstić information content (AvgIpc) is 2.44. The van der Waals surface area contributed by atoms with Gasteiger partial charge < -0.3 is 19.7 Å². The minimum Gasteiger partial charge on any atom is -0.497 e. The van der Waals surface area contributed by atoms with Gasteiger partial charge in [-0.2, -0.15) is 0 Å². The molecule has 0 saturated carbocycles. The second kappa shape index (κ2) is 6.61. The molecule has 1 heterocycles. The SMILES string of the molecule is COc1cccc(CNC(=O)N2CC(C)OC(C)C2)c1. The fourth-order valence-corrected chi connectivity index (χ4v) is 2.42. The third kappa shape index (κ3) is 3.87. The Morgan fingerprint density at radius 3 is 2.75 bits per heavy atom. The van der Waals surface area contributed by atoms with E-state index in [1.807, 2.05) is 38.1 Å². The number of methoxy groups -OCH3 is 1. The van der Waals surface area contributed by atoms with Gasteiger partial charge in [-0.1, -0.05) is 12.1 Å². The molecule has 1 aromatic carbocycles. The lowest BCUT2D eigenvalue weighted by Gasteiger charge is -2.35. The van der Waals surface area contributed by atoms with Crippen molar-refractivity contribution in [3.05, 3.63) is 29.8 Å². The number of rotatable bonds is 3. The van der Waals surface area contributed by atoms with Gasteiger partial charge in [-0.05, 0) is 31.5 Å². The lowest BCUT2D eigenvalue weighted by atomic mass is 10.2. The Hall–Kier alpha value is -1.75. The maximum atomic E-state index is 12.1. The first kappa shape index (κ1) is 14.7. The highest BCUT2D eigenvalue weighted by Gasteiger charge is 2.25. The van der Waals surface area contributed by atoms with Crippen molar-refractivity contribution < 1.29 is 14.3 Å². The summed E-state index contributed by atoms with van der Waals surface area (Å²) in [6, 6.07) is 7.64. The molecule has 0 radical (unpaired) electrons. The largest absolute Gasteiger partial charge is 0.497 e. The van der Waals surface area contributed by atoms with Crippen LogP contribution in [0.3, 0.4) is 0 Å². The van der Waals surface area contributed by atoms with Crippen LogP contribution in [0.5, 0.6) is 5.75 Å². The molecule has 2 amide bonds. The van der Waals surface area contributed by atoms with E-state index in [0.717, 1.165) is 11.3 Å². The Labute approximate surface area is 119 Å². The summed E-state index contributed by atoms with van der Waals surface area (Å²) in [7, 11) is 1.63. The predicted octanol–water partition coefficient (Wildman–Crippen LogP) is 2.01. The second-order valence-corrected chi connectivity index (χ2v) is 5.17. The van der Waals surface area contributed by atoms with Crippen molar-refractivity contribution >= 4 is 6.03 Å². The van der Waals surface area contributed by atoms with E-state index in [1.165, 1.54) is 0 Å². The van der Waals surface area contributed by atoms with Crippen LogP contribution in [0.1, 0.15) is 19.4 Å². The number of amides is 2. The van der Waals surface area contributed by atoms with E-state index < -0.39 is 0 Å². The molecule has 1 N–H and O–H groups in total. The molecule has 0 bridgehead atoms. The topological polar surface area (TPSA) is 50.8 Å². The van der Waals surface area contributed by atoms with Gasteiger partial charge in [0.2, 0.25) is 0 Å². The third-order valence-electron chi connectivity index (χ3n) is 3.28. The molecular weight excluding hydrogens is 256 g/mol. The van der Waals surface area contributed by atoms with Crippen LogP contribution in [0.2, 0.25) is 0 Å². The number of morpholine rings is 1. The Morgan fingerprint density at radius 1 is 1.40 bits per heavy atom. The molecule has 1 aromatic rings. The fraction of sp³-hybridized carbons (Fsp3) is 0.533. The lowest BCUT2D eigenvalue weighted by molar-refractivity contribution is -0.0545. The van der Waals surface area contributed by atoms with Gasteiger partial charge in [0.05, 0.1) is 19.3 Å². The van der Waals surface area contributed by atoms with Crippen molar-refractivity contribution in [2.75, 3.05) is 20.2 Å². The van der Waals surface area contributed by atoms with E-state index in [0.29, 0.717) is 19.6 Å². The number of urea groups is 1. The minimum absolute atomic E-state index is 0.0465. The fourth-order valence-electron chi connectivity index (χ4n) is 2.42. The zero-order valence-electron chi connectivity index (χ0n) is 12.3. The molecule has 5 heteroatoms. The van der Waals surface area contributed by atoms with Crippen LogP contribution in [0.4, 0.5) is 4.79 Å². The van der Waals surface area contributed by atoms with Crippen LogP contribution in [0.15, 0.2) is 24.3 Å². The lowest BCUT2D eigenvalue weighted by Crippen LogP contribution is -2.51. The Kier molecular flexibility index (Phi) is 4.84. The molecule has 2 unspecified atom stereocenters. The number of hydrogen-bond acceptors (Lipinski definition) is 3. The highest BCUT2D eigenvalue weighted by atomic mass is 16.5. The van der Waals surface area contributed by atoms with Gasteiger partial charge in [-0.15, -0.1) is 0 Å². The maximum absolute atomic E-state index is 12.1. The molecule has 5 nitrogen and oxygen atoms in total. The van der Waals surface area contributed by atoms with Crippen LogP contribution in [-0.2, 0) is 11.3 Å². The molecule has 20 heavy (non-hydrogen) atoms. The summed E-state index contributed by atoms with van der Waals surface area (Å²) < 4.78 is 10.8. The molecule has 2 atom stereocenters. The smallest absolute Gasteiger partial charge is 0.317 e. The zero-order chi connectivity index (χ0) is 14.5. The number of nitrogens with zero attached hydrogens (tertiary/aromatic N) is 1. The molecule has 0 aliphatic carbocycles. The molecular formula is C15H22N2O3. The van der Waals surface area contributed by atoms with Crippen molar-refractivity contribution in [1.29, 1.82) is 0 Å². The summed E-state index contributed by atoms with van der Waals surface area (Å²) in [5.74, 6) is 0.797. The molecule has 1 aliphatic rings. The maximum Gasteiger partial charge on any atom is 0.317 e. The van der Waals surface area contributed by atoms with Crippen molar-refractivity contribution in [3.63, 3.8) is 0 Å². The number of ether oxygens (including phenoxy) is 2. The Morgan fingerprint density at radius 2 is 2.10 bits per heavy atom. The molecule has 2 rings (SSSR count). The van der Waals surface area contributed by atoms with Crippen LogP contribution in [0.25, 0.3) is 0 Å². The Balaban J connectivity index is 1.88. The van der Waals surface area contributed by atoms with Crippen molar-refractivity contribution in [2.45, 2.75) is 32.6 Å². The van der Waals surface area contributed by atoms with E-state index >= 15 is 0 Å². The summed E-state index contributed by atoms with van der Waals surface area (Å²) in [6.45, 7) is 5.73. The van der Waals surface area contributed by atoms with E-state index in [4.69, 9.17) is 9.47 Å². The van der Waals surface area contributed by atoms with Crippen LogP contribution < -0.4 is 10.1 Å². The van der Waals surface area contributed by atoms with Crippen molar-refractivity contribution in [3.8, 4) is 5.75 Å². The highest BCUT2D eigenvalue weighted by Crippen LogP contribution is 2.13. The molecule has 0 spiro atoms. The summed E-state index contributed by atoms with van der Waals surface area (Å²) in [4.78, 5) is 13.9. The number of benzene rings is 1. The molecule has 110 valence electrons. The standard InChI is InChI=1S/C15H22N2O3/c1-11-9-17(10-12(2)20-11)15(18)16-8-13-5-4-6-14(7-13)19-3/h4-7,11-12H,8-10H2,1-3H3,(H,16,18). The zero-order valence-corrected chi connectivity index (χ0v) is 12.3. The quantitative estimate of drug-likeness (QED) is 0.920. The summed E-state index contributed by atoms with van der Waals surface area (Å²) in [5.41, 5.74) is 1.02. The van der Waals surface area contributed by atoms with Gasteiger partial charge in [-0.25, -0.2) is 4.79 Å². The van der Waals surface area contributed by atoms with E-state index in [9.17, 15) is 4.79 Å². The molecule has 1 aliphatic heterocycles. The first-order valence-electron chi connectivity index (χ1n) is 6.89. The number of nitrogens with one attached hydrogen (secondary N) is 1. The highest BCUT2D eigenvalue weighted by molar-refractivity contribution is 5.74. The first-order chi connectivity index (χ1) is 9.58. The van der Waals surface area contributed by atoms with Gasteiger partial charge in [0, 0.05) is 19.6 Å². The summed E-state index contributed by atoms with van der Waals surface area (Å²) in [5, 5.41) is 2.94.